The molecule has 0 unspecified atom stereocenters. The normalized spacial score (nSPS) is 14.2. The zero-order chi connectivity index (χ0) is 24.2. The molecule has 3 aromatic carbocycles. The van der Waals surface area contributed by atoms with E-state index in [1.807, 2.05) is 48.7 Å². The van der Waals surface area contributed by atoms with Crippen molar-refractivity contribution in [3.63, 3.8) is 0 Å². The van der Waals surface area contributed by atoms with Crippen LogP contribution in [0.2, 0.25) is 0 Å². The van der Waals surface area contributed by atoms with E-state index in [0.29, 0.717) is 6.42 Å². The smallest absolute Gasteiger partial charge is 0.228 e. The van der Waals surface area contributed by atoms with E-state index < -0.39 is 0 Å². The quantitative estimate of drug-likeness (QED) is 0.441. The second-order valence-corrected chi connectivity index (χ2v) is 8.96. The monoisotopic (exact) mass is 466 g/mol. The van der Waals surface area contributed by atoms with Crippen LogP contribution in [0.5, 0.6) is 5.75 Å². The van der Waals surface area contributed by atoms with Crippen molar-refractivity contribution in [1.82, 2.24) is 9.88 Å². The summed E-state index contributed by atoms with van der Waals surface area (Å²) >= 11 is 0. The van der Waals surface area contributed by atoms with Gasteiger partial charge in [-0.2, -0.15) is 0 Å². The van der Waals surface area contributed by atoms with Crippen molar-refractivity contribution in [2.45, 2.75) is 6.42 Å². The molecule has 0 atom stereocenters. The third-order valence-corrected chi connectivity index (χ3v) is 6.64. The van der Waals surface area contributed by atoms with Gasteiger partial charge in [0.2, 0.25) is 5.91 Å². The number of hydrogen-bond donors (Lipinski definition) is 1. The number of methoxy groups -OCH3 is 1. The van der Waals surface area contributed by atoms with Gasteiger partial charge in [0.1, 0.15) is 5.75 Å². The van der Waals surface area contributed by atoms with Crippen LogP contribution in [-0.4, -0.2) is 56.1 Å². The first kappa shape index (κ1) is 22.9. The summed E-state index contributed by atoms with van der Waals surface area (Å²) in [7, 11) is 3.83. The number of nitrogens with zero attached hydrogens (tertiary/aromatic N) is 3. The van der Waals surface area contributed by atoms with E-state index in [0.717, 1.165) is 70.8 Å². The summed E-state index contributed by atoms with van der Waals surface area (Å²) in [4.78, 5) is 22.0. The van der Waals surface area contributed by atoms with Crippen LogP contribution in [0.25, 0.3) is 21.9 Å². The number of carbonyl (C=O) groups excluding carboxylic acids is 1. The van der Waals surface area contributed by atoms with Crippen LogP contribution in [0.1, 0.15) is 5.56 Å². The molecule has 35 heavy (non-hydrogen) atoms. The average molecular weight is 467 g/mol. The van der Waals surface area contributed by atoms with Crippen molar-refractivity contribution in [3.05, 3.63) is 84.7 Å². The highest BCUT2D eigenvalue weighted by Crippen LogP contribution is 2.33. The van der Waals surface area contributed by atoms with Crippen LogP contribution in [0.3, 0.4) is 0 Å². The van der Waals surface area contributed by atoms with Gasteiger partial charge in [0.05, 0.1) is 19.2 Å². The summed E-state index contributed by atoms with van der Waals surface area (Å²) in [6, 6.07) is 22.2. The highest BCUT2D eigenvalue weighted by Gasteiger charge is 2.19. The van der Waals surface area contributed by atoms with Crippen LogP contribution in [0.4, 0.5) is 11.4 Å². The largest absolute Gasteiger partial charge is 0.495 e. The Hall–Kier alpha value is -3.90. The molecule has 2 heterocycles. The Kier molecular flexibility index (Phi) is 6.64. The van der Waals surface area contributed by atoms with Crippen molar-refractivity contribution >= 4 is 28.1 Å². The third kappa shape index (κ3) is 4.98. The molecule has 1 N–H and O–H groups in total. The zero-order valence-corrected chi connectivity index (χ0v) is 20.2. The molecule has 4 aromatic rings. The van der Waals surface area contributed by atoms with Gasteiger partial charge in [0.15, 0.2) is 0 Å². The summed E-state index contributed by atoms with van der Waals surface area (Å²) in [5.41, 5.74) is 4.98. The molecule has 0 aliphatic carbocycles. The van der Waals surface area contributed by atoms with E-state index in [-0.39, 0.29) is 5.91 Å². The van der Waals surface area contributed by atoms with E-state index in [2.05, 4.69) is 51.4 Å². The first-order chi connectivity index (χ1) is 17.1. The summed E-state index contributed by atoms with van der Waals surface area (Å²) in [6.45, 7) is 3.86. The second kappa shape index (κ2) is 10.2. The summed E-state index contributed by atoms with van der Waals surface area (Å²) in [6.07, 6.45) is 3.94. The van der Waals surface area contributed by atoms with Gasteiger partial charge >= 0.3 is 0 Å². The van der Waals surface area contributed by atoms with Crippen molar-refractivity contribution in [2.75, 3.05) is 50.6 Å². The number of anilines is 2. The molecule has 0 spiro atoms. The molecule has 0 saturated carbocycles. The number of piperazine rings is 1. The second-order valence-electron chi connectivity index (χ2n) is 8.96. The van der Waals surface area contributed by atoms with E-state index in [1.165, 1.54) is 0 Å². The molecular formula is C29H30N4O2. The van der Waals surface area contributed by atoms with Crippen LogP contribution in [-0.2, 0) is 11.2 Å². The van der Waals surface area contributed by atoms with Crippen LogP contribution in [0.15, 0.2) is 79.1 Å². The lowest BCUT2D eigenvalue weighted by molar-refractivity contribution is -0.115. The Morgan fingerprint density at radius 1 is 0.971 bits per heavy atom. The molecular weight excluding hydrogens is 436 g/mol. The number of carbonyl (C=O) groups is 1. The molecule has 6 nitrogen and oxygen atoms in total. The minimum Gasteiger partial charge on any atom is -0.495 e. The maximum Gasteiger partial charge on any atom is 0.228 e. The molecule has 1 fully saturated rings. The van der Waals surface area contributed by atoms with Gasteiger partial charge in [-0.25, -0.2) is 0 Å². The number of hydrogen-bond acceptors (Lipinski definition) is 5. The van der Waals surface area contributed by atoms with Gasteiger partial charge in [-0.05, 0) is 53.2 Å². The van der Waals surface area contributed by atoms with Gasteiger partial charge in [-0.1, -0.05) is 42.5 Å². The lowest BCUT2D eigenvalue weighted by Gasteiger charge is -2.35. The number of fused-ring (bicyclic) bond motifs is 1. The highest BCUT2D eigenvalue weighted by atomic mass is 16.5. The SMILES string of the molecule is COc1ccc(NC(=O)Cc2cccc3c(-c4cccnc4)cccc23)cc1N1CCN(C)CC1. The van der Waals surface area contributed by atoms with Gasteiger partial charge in [-0.3, -0.25) is 9.78 Å². The van der Waals surface area contributed by atoms with Crippen LogP contribution in [0, 0.1) is 0 Å². The Labute approximate surface area is 206 Å². The fourth-order valence-corrected chi connectivity index (χ4v) is 4.74. The molecule has 1 aliphatic rings. The van der Waals surface area contributed by atoms with Crippen LogP contribution >= 0.6 is 0 Å². The zero-order valence-electron chi connectivity index (χ0n) is 20.2. The predicted molar refractivity (Wildman–Crippen MR) is 142 cm³/mol. The van der Waals surface area contributed by atoms with Gasteiger partial charge in [0, 0.05) is 49.8 Å². The fourth-order valence-electron chi connectivity index (χ4n) is 4.74. The molecule has 1 aromatic heterocycles. The lowest BCUT2D eigenvalue weighted by atomic mass is 9.95. The van der Waals surface area contributed by atoms with Crippen molar-refractivity contribution in [3.8, 4) is 16.9 Å². The highest BCUT2D eigenvalue weighted by molar-refractivity contribution is 6.01. The van der Waals surface area contributed by atoms with E-state index in [4.69, 9.17) is 4.74 Å². The van der Waals surface area contributed by atoms with Gasteiger partial charge < -0.3 is 19.9 Å². The number of likely N-dealkylation sites (N-methyl/N-ethyl adjacent to an activating group) is 1. The van der Waals surface area contributed by atoms with E-state index >= 15 is 0 Å². The maximum atomic E-state index is 13.1. The summed E-state index contributed by atoms with van der Waals surface area (Å²) < 4.78 is 5.60. The lowest BCUT2D eigenvalue weighted by Crippen LogP contribution is -2.44. The number of rotatable bonds is 6. The van der Waals surface area contributed by atoms with Gasteiger partial charge in [-0.15, -0.1) is 0 Å². The van der Waals surface area contributed by atoms with Crippen molar-refractivity contribution < 1.29 is 9.53 Å². The predicted octanol–water partition coefficient (Wildman–Crippen LogP) is 4.84. The van der Waals surface area contributed by atoms with E-state index in [9.17, 15) is 4.79 Å². The molecule has 1 aliphatic heterocycles. The van der Waals surface area contributed by atoms with Crippen molar-refractivity contribution in [1.29, 1.82) is 0 Å². The molecule has 5 rings (SSSR count). The molecule has 0 bridgehead atoms. The first-order valence-electron chi connectivity index (χ1n) is 11.9. The summed E-state index contributed by atoms with van der Waals surface area (Å²) in [5, 5.41) is 5.30. The number of ether oxygens (including phenoxy) is 1. The number of aromatic nitrogens is 1. The Morgan fingerprint density at radius 2 is 1.77 bits per heavy atom. The summed E-state index contributed by atoms with van der Waals surface area (Å²) in [5.74, 6) is 0.781. The maximum absolute atomic E-state index is 13.1. The Balaban J connectivity index is 1.37. The van der Waals surface area contributed by atoms with Crippen LogP contribution < -0.4 is 15.0 Å². The minimum absolute atomic E-state index is 0.0428. The first-order valence-corrected chi connectivity index (χ1v) is 11.9. The molecule has 178 valence electrons. The molecule has 0 radical (unpaired) electrons. The average Bonchev–Trinajstić information content (AvgIpc) is 2.89. The fraction of sp³-hybridized carbons (Fsp3) is 0.241. The number of benzene rings is 3. The number of amides is 1. The number of pyridine rings is 1. The topological polar surface area (TPSA) is 57.7 Å². The number of nitrogens with one attached hydrogen (secondary N) is 1. The Morgan fingerprint density at radius 3 is 2.54 bits per heavy atom. The minimum atomic E-state index is -0.0428. The van der Waals surface area contributed by atoms with Gasteiger partial charge in [0.25, 0.3) is 0 Å². The molecule has 1 saturated heterocycles. The Bertz CT molecular complexity index is 1330. The molecule has 1 amide bonds. The standard InChI is InChI=1S/C29H30N4O2/c1-32-14-16-33(17-15-32)27-19-23(11-12-28(27)35-2)31-29(34)18-21-6-3-10-26-24(21)8-4-9-25(26)22-7-5-13-30-20-22/h3-13,19-20H,14-18H2,1-2H3,(H,31,34). The molecule has 6 heteroatoms. The van der Waals surface area contributed by atoms with Crippen molar-refractivity contribution in [2.24, 2.45) is 0 Å². The third-order valence-electron chi connectivity index (χ3n) is 6.64. The van der Waals surface area contributed by atoms with E-state index in [1.54, 1.807) is 13.3 Å².